The van der Waals surface area contributed by atoms with Gasteiger partial charge in [0.2, 0.25) is 0 Å². The molecule has 1 atom stereocenters. The van der Waals surface area contributed by atoms with Crippen molar-refractivity contribution >= 4 is 17.9 Å². The van der Waals surface area contributed by atoms with Crippen molar-refractivity contribution in [1.29, 1.82) is 0 Å². The second kappa shape index (κ2) is 8.51. The molecule has 160 valence electrons. The minimum atomic E-state index is 0.195. The van der Waals surface area contributed by atoms with Gasteiger partial charge in [0.15, 0.2) is 0 Å². The van der Waals surface area contributed by atoms with Crippen molar-refractivity contribution in [2.45, 2.75) is 25.8 Å². The van der Waals surface area contributed by atoms with Gasteiger partial charge in [-0.3, -0.25) is 4.99 Å². The maximum Gasteiger partial charge on any atom is 0.0633 e. The van der Waals surface area contributed by atoms with E-state index in [1.807, 2.05) is 13.1 Å². The van der Waals surface area contributed by atoms with Gasteiger partial charge in [-0.25, -0.2) is 0 Å². The lowest BCUT2D eigenvalue weighted by Crippen LogP contribution is -2.30. The summed E-state index contributed by atoms with van der Waals surface area (Å²) in [6, 6.07) is 7.00. The van der Waals surface area contributed by atoms with E-state index in [2.05, 4.69) is 108 Å². The van der Waals surface area contributed by atoms with Crippen LogP contribution in [0.1, 0.15) is 42.5 Å². The number of fused-ring (bicyclic) bond motifs is 2. The van der Waals surface area contributed by atoms with E-state index >= 15 is 0 Å². The zero-order valence-electron chi connectivity index (χ0n) is 18.8. The summed E-state index contributed by atoms with van der Waals surface area (Å²) in [6.45, 7) is 6.68. The highest BCUT2D eigenvalue weighted by atomic mass is 15.2. The molecule has 0 N–H and O–H groups in total. The highest BCUT2D eigenvalue weighted by molar-refractivity contribution is 6.04. The molecule has 0 fully saturated rings. The van der Waals surface area contributed by atoms with Crippen LogP contribution in [0.2, 0.25) is 0 Å². The maximum atomic E-state index is 4.14. The summed E-state index contributed by atoms with van der Waals surface area (Å²) in [5, 5.41) is 0. The third-order valence-corrected chi connectivity index (χ3v) is 6.56. The Morgan fingerprint density at radius 2 is 2.12 bits per heavy atom. The predicted molar refractivity (Wildman–Crippen MR) is 136 cm³/mol. The lowest BCUT2D eigenvalue weighted by molar-refractivity contribution is 0.327. The van der Waals surface area contributed by atoms with Gasteiger partial charge in [-0.1, -0.05) is 54.7 Å². The zero-order chi connectivity index (χ0) is 22.1. The number of aliphatic imine (C=N–C) groups is 1. The van der Waals surface area contributed by atoms with Crippen LogP contribution in [0.25, 0.3) is 11.1 Å². The largest absolute Gasteiger partial charge is 0.377 e. The van der Waals surface area contributed by atoms with Crippen LogP contribution in [0.15, 0.2) is 107 Å². The average Bonchev–Trinajstić information content (AvgIpc) is 2.95. The van der Waals surface area contributed by atoms with Crippen molar-refractivity contribution in [1.82, 2.24) is 9.80 Å². The molecule has 1 aromatic carbocycles. The van der Waals surface area contributed by atoms with Crippen molar-refractivity contribution in [3.8, 4) is 0 Å². The van der Waals surface area contributed by atoms with Gasteiger partial charge in [-0.2, -0.15) is 0 Å². The van der Waals surface area contributed by atoms with Gasteiger partial charge in [-0.05, 0) is 78.1 Å². The smallest absolute Gasteiger partial charge is 0.0633 e. The minimum Gasteiger partial charge on any atom is -0.377 e. The number of benzene rings is 1. The zero-order valence-corrected chi connectivity index (χ0v) is 18.8. The highest BCUT2D eigenvalue weighted by Crippen LogP contribution is 2.52. The topological polar surface area (TPSA) is 18.8 Å². The van der Waals surface area contributed by atoms with E-state index in [9.17, 15) is 0 Å². The van der Waals surface area contributed by atoms with Crippen LogP contribution in [0.3, 0.4) is 0 Å². The first kappa shape index (κ1) is 20.3. The summed E-state index contributed by atoms with van der Waals surface area (Å²) in [7, 11) is 2.10. The summed E-state index contributed by atoms with van der Waals surface area (Å²) in [6.07, 6.45) is 26.0. The molecule has 0 radical (unpaired) electrons. The summed E-state index contributed by atoms with van der Waals surface area (Å²) in [4.78, 5) is 8.76. The standard InChI is InChI=1S/C29H29N3/c1-4-9-22(20-30-2)32(21-16-18-31(3)19-17-21)28-15-14-26-24-11-7-5-6-10-23(24)25-12-8-13-27(28)29(25)26/h4-10,12-14,16-18,20,28H,2,11,15,19H2,1,3H3/b9-4-,22-20+. The minimum absolute atomic E-state index is 0.195. The molecule has 1 heterocycles. The van der Waals surface area contributed by atoms with Gasteiger partial charge in [0.1, 0.15) is 0 Å². The van der Waals surface area contributed by atoms with Crippen LogP contribution < -0.4 is 0 Å². The van der Waals surface area contributed by atoms with Gasteiger partial charge in [-0.15, -0.1) is 0 Å². The quantitative estimate of drug-likeness (QED) is 0.397. The molecule has 3 heteroatoms. The van der Waals surface area contributed by atoms with E-state index in [-0.39, 0.29) is 6.04 Å². The Bertz CT molecular complexity index is 1200. The summed E-state index contributed by atoms with van der Waals surface area (Å²) < 4.78 is 0. The first-order chi connectivity index (χ1) is 15.7. The number of nitrogens with zero attached hydrogens (tertiary/aromatic N) is 3. The van der Waals surface area contributed by atoms with Gasteiger partial charge < -0.3 is 9.80 Å². The van der Waals surface area contributed by atoms with Crippen molar-refractivity contribution in [3.05, 3.63) is 119 Å². The molecule has 4 aliphatic rings. The number of allylic oxidation sites excluding steroid dienone is 10. The molecule has 0 bridgehead atoms. The normalized spacial score (nSPS) is 21.4. The van der Waals surface area contributed by atoms with Gasteiger partial charge >= 0.3 is 0 Å². The van der Waals surface area contributed by atoms with Crippen LogP contribution in [0.5, 0.6) is 0 Å². The van der Waals surface area contributed by atoms with Crippen molar-refractivity contribution in [2.75, 3.05) is 13.6 Å². The molecular formula is C29H29N3. The van der Waals surface area contributed by atoms with Gasteiger partial charge in [0.05, 0.1) is 11.7 Å². The third-order valence-electron chi connectivity index (χ3n) is 6.56. The van der Waals surface area contributed by atoms with E-state index in [0.717, 1.165) is 25.1 Å². The van der Waals surface area contributed by atoms with Crippen LogP contribution in [-0.4, -0.2) is 30.1 Å². The fraction of sp³-hybridized carbons (Fsp3) is 0.207. The van der Waals surface area contributed by atoms with Gasteiger partial charge in [0, 0.05) is 31.7 Å². The third kappa shape index (κ3) is 3.34. The van der Waals surface area contributed by atoms with Gasteiger partial charge in [0.25, 0.3) is 0 Å². The first-order valence-electron chi connectivity index (χ1n) is 11.3. The Hall–Kier alpha value is -3.59. The molecule has 3 aliphatic carbocycles. The van der Waals surface area contributed by atoms with Crippen molar-refractivity contribution in [3.63, 3.8) is 0 Å². The Labute approximate surface area is 191 Å². The molecule has 0 spiro atoms. The second-order valence-corrected chi connectivity index (χ2v) is 8.51. The SMILES string of the molecule is C=N/C=C(\C=C/C)N(C1=CCN(C)C=C1)C1CC=C2C3=C(C=CC=CC3)c3cccc1c32. The maximum absolute atomic E-state index is 4.14. The van der Waals surface area contributed by atoms with E-state index in [4.69, 9.17) is 0 Å². The molecule has 0 aromatic heterocycles. The van der Waals surface area contributed by atoms with E-state index in [0.29, 0.717) is 0 Å². The fourth-order valence-corrected chi connectivity index (χ4v) is 5.19. The summed E-state index contributed by atoms with van der Waals surface area (Å²) in [5.74, 6) is 0. The molecule has 32 heavy (non-hydrogen) atoms. The van der Waals surface area contributed by atoms with Crippen molar-refractivity contribution < 1.29 is 0 Å². The Kier molecular flexibility index (Phi) is 5.40. The monoisotopic (exact) mass is 419 g/mol. The Balaban J connectivity index is 1.65. The predicted octanol–water partition coefficient (Wildman–Crippen LogP) is 6.56. The number of rotatable bonds is 5. The molecular weight excluding hydrogens is 390 g/mol. The molecule has 0 amide bonds. The Morgan fingerprint density at radius 3 is 2.91 bits per heavy atom. The average molecular weight is 420 g/mol. The fourth-order valence-electron chi connectivity index (χ4n) is 5.19. The number of likely N-dealkylation sites (N-methyl/N-ethyl adjacent to an activating group) is 1. The molecule has 1 aromatic rings. The first-order valence-corrected chi connectivity index (χ1v) is 11.3. The Morgan fingerprint density at radius 1 is 1.22 bits per heavy atom. The van der Waals surface area contributed by atoms with E-state index in [1.165, 1.54) is 39.1 Å². The molecule has 1 aliphatic heterocycles. The van der Waals surface area contributed by atoms with Crippen LogP contribution in [0, 0.1) is 0 Å². The molecule has 0 saturated carbocycles. The van der Waals surface area contributed by atoms with Crippen LogP contribution >= 0.6 is 0 Å². The van der Waals surface area contributed by atoms with E-state index in [1.54, 1.807) is 0 Å². The van der Waals surface area contributed by atoms with Crippen LogP contribution in [0.4, 0.5) is 0 Å². The summed E-state index contributed by atoms with van der Waals surface area (Å²) >= 11 is 0. The van der Waals surface area contributed by atoms with Crippen LogP contribution in [-0.2, 0) is 0 Å². The molecule has 0 saturated heterocycles. The second-order valence-electron chi connectivity index (χ2n) is 8.51. The highest BCUT2D eigenvalue weighted by Gasteiger charge is 2.35. The van der Waals surface area contributed by atoms with Crippen molar-refractivity contribution in [2.24, 2.45) is 4.99 Å². The number of hydrogen-bond acceptors (Lipinski definition) is 3. The molecule has 1 unspecified atom stereocenters. The lowest BCUT2D eigenvalue weighted by atomic mass is 9.84. The van der Waals surface area contributed by atoms with E-state index < -0.39 is 0 Å². The molecule has 5 rings (SSSR count). The summed E-state index contributed by atoms with van der Waals surface area (Å²) in [5.41, 5.74) is 10.7. The lowest BCUT2D eigenvalue weighted by Gasteiger charge is -2.39. The number of hydrogen-bond donors (Lipinski definition) is 0. The molecule has 3 nitrogen and oxygen atoms in total.